The lowest BCUT2D eigenvalue weighted by Crippen LogP contribution is -2.39. The number of hydrogen-bond acceptors (Lipinski definition) is 5. The maximum absolute atomic E-state index is 11.8. The molecule has 0 aliphatic carbocycles. The lowest BCUT2D eigenvalue weighted by atomic mass is 10.2. The highest BCUT2D eigenvalue weighted by Gasteiger charge is 2.21. The van der Waals surface area contributed by atoms with E-state index in [1.54, 1.807) is 24.3 Å². The molecule has 0 saturated carbocycles. The van der Waals surface area contributed by atoms with Crippen molar-refractivity contribution in [3.8, 4) is 0 Å². The number of ether oxygens (including phenoxy) is 2. The Morgan fingerprint density at radius 1 is 1.26 bits per heavy atom. The summed E-state index contributed by atoms with van der Waals surface area (Å²) in [7, 11) is 1.13. The number of hydrogen-bond donors (Lipinski definition) is 1. The van der Waals surface area contributed by atoms with Crippen LogP contribution in [0.4, 0.5) is 4.79 Å². The summed E-state index contributed by atoms with van der Waals surface area (Å²) < 4.78 is 9.94. The molecule has 1 aromatic rings. The van der Waals surface area contributed by atoms with Crippen molar-refractivity contribution in [1.29, 1.82) is 0 Å². The number of nitrogens with one attached hydrogen (secondary N) is 1. The third kappa shape index (κ3) is 4.51. The van der Waals surface area contributed by atoms with Crippen LogP contribution in [0.15, 0.2) is 24.3 Å². The molecule has 0 spiro atoms. The monoisotopic (exact) mass is 377 g/mol. The highest BCUT2D eigenvalue weighted by atomic mass is 127. The third-order valence-corrected chi connectivity index (χ3v) is 3.10. The quantitative estimate of drug-likeness (QED) is 0.641. The van der Waals surface area contributed by atoms with E-state index in [4.69, 9.17) is 4.74 Å². The van der Waals surface area contributed by atoms with Crippen molar-refractivity contribution in [2.24, 2.45) is 0 Å². The molecule has 102 valence electrons. The van der Waals surface area contributed by atoms with Crippen molar-refractivity contribution in [1.82, 2.24) is 5.32 Å². The fourth-order valence-electron chi connectivity index (χ4n) is 1.16. The Balaban J connectivity index is 2.64. The summed E-state index contributed by atoms with van der Waals surface area (Å²) in [5.41, 5.74) is 0.362. The minimum Gasteiger partial charge on any atom is -0.453 e. The number of halogens is 1. The summed E-state index contributed by atoms with van der Waals surface area (Å²) in [4.78, 5) is 34.1. The highest BCUT2D eigenvalue weighted by molar-refractivity contribution is 14.1. The van der Waals surface area contributed by atoms with E-state index in [2.05, 4.69) is 4.74 Å². The second kappa shape index (κ2) is 7.07. The van der Waals surface area contributed by atoms with Crippen LogP contribution in [0.25, 0.3) is 0 Å². The standard InChI is InChI=1S/C12H12INO5/c1-7(10(15)14-12(17)18-2)19-11(16)8-5-3-4-6-9(8)13/h3-7H,1-2H3,(H,14,15,17)/t7-/m1/s1. The first-order valence-electron chi connectivity index (χ1n) is 5.30. The van der Waals surface area contributed by atoms with Gasteiger partial charge in [-0.05, 0) is 41.6 Å². The molecule has 0 unspecified atom stereocenters. The molecular formula is C12H12INO5. The largest absolute Gasteiger partial charge is 0.453 e. The molecule has 0 aliphatic rings. The van der Waals surface area contributed by atoms with Gasteiger partial charge in [0, 0.05) is 3.57 Å². The SMILES string of the molecule is COC(=O)NC(=O)[C@@H](C)OC(=O)c1ccccc1I. The molecule has 0 heterocycles. The molecule has 1 atom stereocenters. The second-order valence-corrected chi connectivity index (χ2v) is 4.67. The first kappa shape index (κ1) is 15.4. The normalized spacial score (nSPS) is 11.3. The lowest BCUT2D eigenvalue weighted by Gasteiger charge is -2.12. The van der Waals surface area contributed by atoms with E-state index in [0.29, 0.717) is 9.13 Å². The molecule has 0 aromatic heterocycles. The fourth-order valence-corrected chi connectivity index (χ4v) is 1.77. The second-order valence-electron chi connectivity index (χ2n) is 3.51. The van der Waals surface area contributed by atoms with E-state index in [9.17, 15) is 14.4 Å². The first-order valence-corrected chi connectivity index (χ1v) is 6.38. The number of methoxy groups -OCH3 is 1. The number of esters is 1. The zero-order valence-corrected chi connectivity index (χ0v) is 12.5. The van der Waals surface area contributed by atoms with Gasteiger partial charge in [-0.3, -0.25) is 10.1 Å². The minimum absolute atomic E-state index is 0.362. The van der Waals surface area contributed by atoms with E-state index in [1.807, 2.05) is 27.9 Å². The Hall–Kier alpha value is -1.64. The predicted molar refractivity (Wildman–Crippen MR) is 74.6 cm³/mol. The number of rotatable bonds is 3. The number of imide groups is 1. The highest BCUT2D eigenvalue weighted by Crippen LogP contribution is 2.13. The van der Waals surface area contributed by atoms with Crippen LogP contribution in [0.1, 0.15) is 17.3 Å². The predicted octanol–water partition coefficient (Wildman–Crippen LogP) is 1.72. The van der Waals surface area contributed by atoms with Gasteiger partial charge in [0.05, 0.1) is 12.7 Å². The van der Waals surface area contributed by atoms with Crippen LogP contribution in [-0.4, -0.2) is 31.2 Å². The van der Waals surface area contributed by atoms with Gasteiger partial charge in [0.25, 0.3) is 5.91 Å². The van der Waals surface area contributed by atoms with E-state index in [0.717, 1.165) is 7.11 Å². The van der Waals surface area contributed by atoms with Gasteiger partial charge in [-0.25, -0.2) is 9.59 Å². The molecule has 2 amide bonds. The van der Waals surface area contributed by atoms with Crippen LogP contribution in [0.3, 0.4) is 0 Å². The summed E-state index contributed by atoms with van der Waals surface area (Å²) >= 11 is 1.99. The number of benzene rings is 1. The molecular weight excluding hydrogens is 365 g/mol. The van der Waals surface area contributed by atoms with Crippen LogP contribution in [0, 0.1) is 3.57 Å². The molecule has 19 heavy (non-hydrogen) atoms. The maximum atomic E-state index is 11.8. The van der Waals surface area contributed by atoms with Gasteiger partial charge >= 0.3 is 12.1 Å². The van der Waals surface area contributed by atoms with E-state index < -0.39 is 24.1 Å². The van der Waals surface area contributed by atoms with E-state index in [1.165, 1.54) is 6.92 Å². The van der Waals surface area contributed by atoms with Gasteiger partial charge in [-0.2, -0.15) is 0 Å². The van der Waals surface area contributed by atoms with Crippen LogP contribution in [0.5, 0.6) is 0 Å². The van der Waals surface area contributed by atoms with Gasteiger partial charge in [0.2, 0.25) is 0 Å². The topological polar surface area (TPSA) is 81.7 Å². The molecule has 1 rings (SSSR count). The molecule has 1 N–H and O–H groups in total. The number of carbonyl (C=O) groups is 3. The average molecular weight is 377 g/mol. The average Bonchev–Trinajstić information content (AvgIpc) is 2.38. The van der Waals surface area contributed by atoms with Crippen molar-refractivity contribution >= 4 is 40.6 Å². The van der Waals surface area contributed by atoms with Crippen molar-refractivity contribution in [2.75, 3.05) is 7.11 Å². The van der Waals surface area contributed by atoms with Crippen LogP contribution >= 0.6 is 22.6 Å². The Labute approximate surface area is 123 Å². The lowest BCUT2D eigenvalue weighted by molar-refractivity contribution is -0.128. The third-order valence-electron chi connectivity index (χ3n) is 2.16. The van der Waals surface area contributed by atoms with Crippen molar-refractivity contribution < 1.29 is 23.9 Å². The van der Waals surface area contributed by atoms with Gasteiger partial charge in [-0.1, -0.05) is 12.1 Å². The Morgan fingerprint density at radius 3 is 2.47 bits per heavy atom. The zero-order valence-electron chi connectivity index (χ0n) is 10.3. The number of alkyl carbamates (subject to hydrolysis) is 1. The first-order chi connectivity index (χ1) is 8.95. The molecule has 0 fully saturated rings. The Bertz CT molecular complexity index is 503. The summed E-state index contributed by atoms with van der Waals surface area (Å²) in [6.45, 7) is 1.37. The van der Waals surface area contributed by atoms with Gasteiger partial charge < -0.3 is 9.47 Å². The molecule has 0 bridgehead atoms. The summed E-state index contributed by atoms with van der Waals surface area (Å²) in [5, 5.41) is 1.92. The summed E-state index contributed by atoms with van der Waals surface area (Å²) in [6, 6.07) is 6.81. The van der Waals surface area contributed by atoms with Gasteiger partial charge in [0.1, 0.15) is 0 Å². The van der Waals surface area contributed by atoms with Crippen molar-refractivity contribution in [3.63, 3.8) is 0 Å². The molecule has 7 heteroatoms. The van der Waals surface area contributed by atoms with E-state index >= 15 is 0 Å². The van der Waals surface area contributed by atoms with Crippen molar-refractivity contribution in [2.45, 2.75) is 13.0 Å². The van der Waals surface area contributed by atoms with Gasteiger partial charge in [-0.15, -0.1) is 0 Å². The molecule has 1 aromatic carbocycles. The Morgan fingerprint density at radius 2 is 1.89 bits per heavy atom. The van der Waals surface area contributed by atoms with Crippen LogP contribution in [0.2, 0.25) is 0 Å². The summed E-state index contributed by atoms with van der Waals surface area (Å²) in [6.07, 6.45) is -2.00. The smallest absolute Gasteiger partial charge is 0.413 e. The molecule has 0 saturated heterocycles. The van der Waals surface area contributed by atoms with E-state index in [-0.39, 0.29) is 0 Å². The van der Waals surface area contributed by atoms with Gasteiger partial charge in [0.15, 0.2) is 6.10 Å². The number of amides is 2. The van der Waals surface area contributed by atoms with Crippen molar-refractivity contribution in [3.05, 3.63) is 33.4 Å². The molecule has 0 aliphatic heterocycles. The summed E-state index contributed by atoms with van der Waals surface area (Å²) in [5.74, 6) is -1.37. The van der Waals surface area contributed by atoms with Crippen LogP contribution in [-0.2, 0) is 14.3 Å². The Kier molecular flexibility index (Phi) is 5.74. The molecule has 6 nitrogen and oxygen atoms in total. The maximum Gasteiger partial charge on any atom is 0.413 e. The minimum atomic E-state index is -1.09. The zero-order chi connectivity index (χ0) is 14.4. The van der Waals surface area contributed by atoms with Crippen LogP contribution < -0.4 is 5.32 Å². The fraction of sp³-hybridized carbons (Fsp3) is 0.250. The molecule has 0 radical (unpaired) electrons. The number of carbonyl (C=O) groups excluding carboxylic acids is 3.